The lowest BCUT2D eigenvalue weighted by Gasteiger charge is -2.21. The number of hydrogen-bond donors (Lipinski definition) is 1. The lowest BCUT2D eigenvalue weighted by Crippen LogP contribution is -2.28. The topological polar surface area (TPSA) is 35.2 Å². The maximum Gasteiger partial charge on any atom is 0.119 e. The number of fused-ring (bicyclic) bond motifs is 1. The Bertz CT molecular complexity index is 327. The van der Waals surface area contributed by atoms with Gasteiger partial charge in [0.2, 0.25) is 0 Å². The number of thioether (sulfide) groups is 1. The molecule has 1 heterocycles. The third-order valence-corrected chi connectivity index (χ3v) is 3.58. The van der Waals surface area contributed by atoms with Crippen LogP contribution in [-0.2, 0) is 6.42 Å². The standard InChI is InChI=1S/C11H15NOS/c1-2-13-10-3-4-11-8(6-10)5-9(12)7-14-11/h3-4,6,9H,2,5,7,12H2,1H3. The molecule has 0 saturated carbocycles. The molecule has 0 fully saturated rings. The van der Waals surface area contributed by atoms with Gasteiger partial charge in [-0.15, -0.1) is 11.8 Å². The van der Waals surface area contributed by atoms with Gasteiger partial charge in [-0.2, -0.15) is 0 Å². The Morgan fingerprint density at radius 3 is 3.21 bits per heavy atom. The van der Waals surface area contributed by atoms with E-state index in [9.17, 15) is 0 Å². The first-order chi connectivity index (χ1) is 6.79. The summed E-state index contributed by atoms with van der Waals surface area (Å²) in [4.78, 5) is 1.36. The molecule has 0 bridgehead atoms. The first kappa shape index (κ1) is 9.87. The molecule has 0 radical (unpaired) electrons. The zero-order valence-electron chi connectivity index (χ0n) is 8.32. The average Bonchev–Trinajstić information content (AvgIpc) is 2.17. The number of nitrogens with two attached hydrogens (primary N) is 1. The van der Waals surface area contributed by atoms with Crippen molar-refractivity contribution in [2.24, 2.45) is 5.73 Å². The summed E-state index contributed by atoms with van der Waals surface area (Å²) < 4.78 is 5.46. The third-order valence-electron chi connectivity index (χ3n) is 2.28. The van der Waals surface area contributed by atoms with E-state index < -0.39 is 0 Å². The molecule has 0 saturated heterocycles. The molecule has 76 valence electrons. The third kappa shape index (κ3) is 2.04. The molecule has 1 unspecified atom stereocenters. The van der Waals surface area contributed by atoms with Crippen molar-refractivity contribution < 1.29 is 4.74 Å². The molecule has 14 heavy (non-hydrogen) atoms. The van der Waals surface area contributed by atoms with Crippen LogP contribution in [-0.4, -0.2) is 18.4 Å². The van der Waals surface area contributed by atoms with Crippen LogP contribution in [0.5, 0.6) is 5.75 Å². The molecule has 1 aliphatic rings. The van der Waals surface area contributed by atoms with Crippen molar-refractivity contribution in [2.45, 2.75) is 24.3 Å². The fourth-order valence-electron chi connectivity index (χ4n) is 1.65. The molecule has 0 amide bonds. The number of rotatable bonds is 2. The molecule has 1 atom stereocenters. The van der Waals surface area contributed by atoms with Gasteiger partial charge in [-0.1, -0.05) is 0 Å². The van der Waals surface area contributed by atoms with E-state index in [1.165, 1.54) is 10.5 Å². The predicted molar refractivity (Wildman–Crippen MR) is 60.0 cm³/mol. The number of benzene rings is 1. The van der Waals surface area contributed by atoms with E-state index in [1.807, 2.05) is 24.8 Å². The summed E-state index contributed by atoms with van der Waals surface area (Å²) in [5.41, 5.74) is 7.25. The summed E-state index contributed by atoms with van der Waals surface area (Å²) in [6.07, 6.45) is 0.975. The van der Waals surface area contributed by atoms with Gasteiger partial charge in [-0.25, -0.2) is 0 Å². The molecular weight excluding hydrogens is 194 g/mol. The van der Waals surface area contributed by atoms with Gasteiger partial charge in [0.25, 0.3) is 0 Å². The van der Waals surface area contributed by atoms with Crippen molar-refractivity contribution in [3.8, 4) is 5.75 Å². The van der Waals surface area contributed by atoms with Gasteiger partial charge in [-0.3, -0.25) is 0 Å². The summed E-state index contributed by atoms with van der Waals surface area (Å²) in [6.45, 7) is 2.72. The van der Waals surface area contributed by atoms with Crippen molar-refractivity contribution in [3.05, 3.63) is 23.8 Å². The molecule has 3 heteroatoms. The first-order valence-electron chi connectivity index (χ1n) is 4.93. The van der Waals surface area contributed by atoms with E-state index in [1.54, 1.807) is 0 Å². The number of ether oxygens (including phenoxy) is 1. The normalized spacial score (nSPS) is 20.3. The van der Waals surface area contributed by atoms with Gasteiger partial charge in [0.15, 0.2) is 0 Å². The van der Waals surface area contributed by atoms with E-state index in [2.05, 4.69) is 12.1 Å². The van der Waals surface area contributed by atoms with Crippen LogP contribution in [0.2, 0.25) is 0 Å². The quantitative estimate of drug-likeness (QED) is 0.809. The second kappa shape index (κ2) is 4.24. The minimum absolute atomic E-state index is 0.296. The summed E-state index contributed by atoms with van der Waals surface area (Å²) in [5, 5.41) is 0. The van der Waals surface area contributed by atoms with Gasteiger partial charge in [0.1, 0.15) is 5.75 Å². The molecule has 1 aromatic carbocycles. The van der Waals surface area contributed by atoms with Crippen LogP contribution >= 0.6 is 11.8 Å². The smallest absolute Gasteiger partial charge is 0.119 e. The summed E-state index contributed by atoms with van der Waals surface area (Å²) in [7, 11) is 0. The monoisotopic (exact) mass is 209 g/mol. The molecule has 1 aliphatic heterocycles. The fraction of sp³-hybridized carbons (Fsp3) is 0.455. The molecule has 0 aromatic heterocycles. The van der Waals surface area contributed by atoms with E-state index in [0.29, 0.717) is 6.04 Å². The highest BCUT2D eigenvalue weighted by atomic mass is 32.2. The highest BCUT2D eigenvalue weighted by Crippen LogP contribution is 2.31. The molecule has 0 spiro atoms. The molecule has 0 aliphatic carbocycles. The van der Waals surface area contributed by atoms with E-state index in [0.717, 1.165) is 24.5 Å². The van der Waals surface area contributed by atoms with Gasteiger partial charge in [-0.05, 0) is 37.1 Å². The highest BCUT2D eigenvalue weighted by molar-refractivity contribution is 7.99. The highest BCUT2D eigenvalue weighted by Gasteiger charge is 2.16. The Morgan fingerprint density at radius 2 is 2.43 bits per heavy atom. The fourth-order valence-corrected chi connectivity index (χ4v) is 2.65. The molecule has 2 N–H and O–H groups in total. The average molecular weight is 209 g/mol. The van der Waals surface area contributed by atoms with Crippen LogP contribution in [0.3, 0.4) is 0 Å². The van der Waals surface area contributed by atoms with Crippen LogP contribution in [0.25, 0.3) is 0 Å². The Hall–Kier alpha value is -0.670. The lowest BCUT2D eigenvalue weighted by molar-refractivity contribution is 0.339. The molecular formula is C11H15NOS. The zero-order chi connectivity index (χ0) is 9.97. The number of hydrogen-bond acceptors (Lipinski definition) is 3. The van der Waals surface area contributed by atoms with Crippen LogP contribution in [0.4, 0.5) is 0 Å². The van der Waals surface area contributed by atoms with Gasteiger partial charge >= 0.3 is 0 Å². The zero-order valence-corrected chi connectivity index (χ0v) is 9.14. The van der Waals surface area contributed by atoms with Crippen molar-refractivity contribution in [3.63, 3.8) is 0 Å². The van der Waals surface area contributed by atoms with Crippen LogP contribution in [0.15, 0.2) is 23.1 Å². The Balaban J connectivity index is 2.24. The van der Waals surface area contributed by atoms with E-state index >= 15 is 0 Å². The molecule has 2 nitrogen and oxygen atoms in total. The van der Waals surface area contributed by atoms with Crippen LogP contribution < -0.4 is 10.5 Å². The van der Waals surface area contributed by atoms with Crippen molar-refractivity contribution in [1.29, 1.82) is 0 Å². The predicted octanol–water partition coefficient (Wildman–Crippen LogP) is 2.06. The summed E-state index contributed by atoms with van der Waals surface area (Å²) >= 11 is 1.84. The van der Waals surface area contributed by atoms with E-state index in [-0.39, 0.29) is 0 Å². The van der Waals surface area contributed by atoms with Crippen molar-refractivity contribution in [1.82, 2.24) is 0 Å². The maximum absolute atomic E-state index is 5.91. The Morgan fingerprint density at radius 1 is 1.57 bits per heavy atom. The second-order valence-electron chi connectivity index (χ2n) is 3.48. The minimum Gasteiger partial charge on any atom is -0.494 e. The van der Waals surface area contributed by atoms with Crippen LogP contribution in [0, 0.1) is 0 Å². The van der Waals surface area contributed by atoms with Gasteiger partial charge in [0, 0.05) is 16.7 Å². The van der Waals surface area contributed by atoms with Gasteiger partial charge < -0.3 is 10.5 Å². The Labute approximate surface area is 88.8 Å². The summed E-state index contributed by atoms with van der Waals surface area (Å²) in [6, 6.07) is 6.58. The molecule has 2 rings (SSSR count). The van der Waals surface area contributed by atoms with Gasteiger partial charge in [0.05, 0.1) is 6.61 Å². The molecule has 1 aromatic rings. The lowest BCUT2D eigenvalue weighted by atomic mass is 10.1. The minimum atomic E-state index is 0.296. The largest absolute Gasteiger partial charge is 0.494 e. The van der Waals surface area contributed by atoms with Crippen LogP contribution in [0.1, 0.15) is 12.5 Å². The second-order valence-corrected chi connectivity index (χ2v) is 4.54. The summed E-state index contributed by atoms with van der Waals surface area (Å²) in [5.74, 6) is 1.99. The van der Waals surface area contributed by atoms with Crippen molar-refractivity contribution >= 4 is 11.8 Å². The van der Waals surface area contributed by atoms with E-state index in [4.69, 9.17) is 10.5 Å². The maximum atomic E-state index is 5.91. The first-order valence-corrected chi connectivity index (χ1v) is 5.92. The SMILES string of the molecule is CCOc1ccc2c(c1)CC(N)CS2. The van der Waals surface area contributed by atoms with Crippen molar-refractivity contribution in [2.75, 3.05) is 12.4 Å². The Kier molecular flexibility index (Phi) is 2.99.